The van der Waals surface area contributed by atoms with Crippen molar-refractivity contribution in [1.82, 2.24) is 0 Å². The highest BCUT2D eigenvalue weighted by Crippen LogP contribution is 2.37. The highest BCUT2D eigenvalue weighted by atomic mass is 33.1. The summed E-state index contributed by atoms with van der Waals surface area (Å²) in [6.45, 7) is 4.62. The van der Waals surface area contributed by atoms with E-state index in [0.717, 1.165) is 10.5 Å². The lowest BCUT2D eigenvalue weighted by atomic mass is 10.6. The maximum absolute atomic E-state index is 2.31. The Bertz CT molecular complexity index is 74.4. The normalized spacial score (nSPS) is 38.0. The van der Waals surface area contributed by atoms with Gasteiger partial charge in [0.15, 0.2) is 0 Å². The van der Waals surface area contributed by atoms with Crippen molar-refractivity contribution in [2.75, 3.05) is 11.5 Å². The molecular formula is C6H12S3. The van der Waals surface area contributed by atoms with Crippen LogP contribution < -0.4 is 0 Å². The second-order valence-corrected chi connectivity index (χ2v) is 6.58. The van der Waals surface area contributed by atoms with Crippen molar-refractivity contribution in [3.8, 4) is 0 Å². The lowest BCUT2D eigenvalue weighted by Crippen LogP contribution is -1.96. The van der Waals surface area contributed by atoms with Gasteiger partial charge in [-0.3, -0.25) is 0 Å². The van der Waals surface area contributed by atoms with Crippen LogP contribution in [-0.4, -0.2) is 22.0 Å². The molecule has 1 aliphatic rings. The summed E-state index contributed by atoms with van der Waals surface area (Å²) in [6, 6.07) is 0. The van der Waals surface area contributed by atoms with Gasteiger partial charge in [0.1, 0.15) is 0 Å². The Labute approximate surface area is 69.3 Å². The first kappa shape index (κ1) is 8.15. The molecule has 0 N–H and O–H groups in total. The third-order valence-electron chi connectivity index (χ3n) is 1.09. The van der Waals surface area contributed by atoms with E-state index >= 15 is 0 Å². The monoisotopic (exact) mass is 180 g/mol. The van der Waals surface area contributed by atoms with E-state index in [1.54, 1.807) is 0 Å². The van der Waals surface area contributed by atoms with Crippen molar-refractivity contribution in [3.63, 3.8) is 0 Å². The Morgan fingerprint density at radius 2 is 1.44 bits per heavy atom. The van der Waals surface area contributed by atoms with Crippen molar-refractivity contribution in [2.24, 2.45) is 0 Å². The van der Waals surface area contributed by atoms with E-state index in [0.29, 0.717) is 0 Å². The summed E-state index contributed by atoms with van der Waals surface area (Å²) in [5, 5.41) is 1.70. The van der Waals surface area contributed by atoms with Crippen LogP contribution in [0.25, 0.3) is 0 Å². The van der Waals surface area contributed by atoms with E-state index in [-0.39, 0.29) is 0 Å². The zero-order valence-electron chi connectivity index (χ0n) is 5.79. The minimum absolute atomic E-state index is 0.852. The smallest absolute Gasteiger partial charge is 0.0213 e. The molecule has 54 valence electrons. The molecule has 1 fully saturated rings. The number of rotatable bonds is 0. The van der Waals surface area contributed by atoms with Gasteiger partial charge in [0.2, 0.25) is 0 Å². The third-order valence-corrected chi connectivity index (χ3v) is 6.39. The van der Waals surface area contributed by atoms with Crippen LogP contribution in [0.3, 0.4) is 0 Å². The lowest BCUT2D eigenvalue weighted by Gasteiger charge is -2.03. The Hall–Kier alpha value is 1.05. The molecule has 0 bridgehead atoms. The van der Waals surface area contributed by atoms with Gasteiger partial charge in [0.25, 0.3) is 0 Å². The first-order valence-electron chi connectivity index (χ1n) is 3.19. The van der Waals surface area contributed by atoms with Crippen molar-refractivity contribution in [1.29, 1.82) is 0 Å². The van der Waals surface area contributed by atoms with Crippen molar-refractivity contribution < 1.29 is 0 Å². The van der Waals surface area contributed by atoms with Crippen LogP contribution >= 0.6 is 33.3 Å². The van der Waals surface area contributed by atoms with E-state index in [1.165, 1.54) is 11.5 Å². The average molecular weight is 180 g/mol. The summed E-state index contributed by atoms with van der Waals surface area (Å²) in [4.78, 5) is 0. The first-order valence-corrected chi connectivity index (χ1v) is 6.62. The summed E-state index contributed by atoms with van der Waals surface area (Å²) in [7, 11) is 4.09. The summed E-state index contributed by atoms with van der Waals surface area (Å²) in [5.74, 6) is 2.67. The third kappa shape index (κ3) is 3.10. The van der Waals surface area contributed by atoms with Crippen LogP contribution in [0.2, 0.25) is 0 Å². The van der Waals surface area contributed by atoms with Gasteiger partial charge in [-0.15, -0.1) is 0 Å². The Balaban J connectivity index is 2.25. The highest BCUT2D eigenvalue weighted by molar-refractivity contribution is 8.77. The molecule has 0 nitrogen and oxygen atoms in total. The van der Waals surface area contributed by atoms with E-state index in [2.05, 4.69) is 25.6 Å². The standard InChI is InChI=1S/C6H12S3/c1-5-3-7-4-6(2)9-8-5/h5-6H,3-4H2,1-2H3. The minimum Gasteiger partial charge on any atom is -0.160 e. The highest BCUT2D eigenvalue weighted by Gasteiger charge is 2.12. The van der Waals surface area contributed by atoms with Crippen molar-refractivity contribution in [2.45, 2.75) is 24.3 Å². The number of hydrogen-bond acceptors (Lipinski definition) is 3. The summed E-state index contributed by atoms with van der Waals surface area (Å²) in [5.41, 5.74) is 0. The Kier molecular flexibility index (Phi) is 3.66. The molecule has 0 aromatic rings. The molecule has 0 aromatic carbocycles. The lowest BCUT2D eigenvalue weighted by molar-refractivity contribution is 1.12. The summed E-state index contributed by atoms with van der Waals surface area (Å²) < 4.78 is 0. The minimum atomic E-state index is 0.852. The van der Waals surface area contributed by atoms with Crippen molar-refractivity contribution >= 4 is 33.3 Å². The quantitative estimate of drug-likeness (QED) is 0.526. The fraction of sp³-hybridized carbons (Fsp3) is 1.00. The Morgan fingerprint density at radius 3 is 1.89 bits per heavy atom. The van der Waals surface area contributed by atoms with E-state index in [4.69, 9.17) is 0 Å². The number of hydrogen-bond donors (Lipinski definition) is 0. The summed E-state index contributed by atoms with van der Waals surface area (Å²) in [6.07, 6.45) is 0. The molecule has 2 atom stereocenters. The fourth-order valence-electron chi connectivity index (χ4n) is 0.645. The maximum Gasteiger partial charge on any atom is 0.0213 e. The molecule has 0 radical (unpaired) electrons. The largest absolute Gasteiger partial charge is 0.160 e. The number of thioether (sulfide) groups is 1. The Morgan fingerprint density at radius 1 is 1.00 bits per heavy atom. The molecule has 0 spiro atoms. The zero-order valence-corrected chi connectivity index (χ0v) is 8.24. The van der Waals surface area contributed by atoms with Crippen LogP contribution in [0, 0.1) is 0 Å². The molecule has 2 unspecified atom stereocenters. The van der Waals surface area contributed by atoms with Gasteiger partial charge in [-0.05, 0) is 0 Å². The van der Waals surface area contributed by atoms with Crippen molar-refractivity contribution in [3.05, 3.63) is 0 Å². The van der Waals surface area contributed by atoms with Gasteiger partial charge in [0, 0.05) is 22.0 Å². The van der Waals surface area contributed by atoms with Gasteiger partial charge in [-0.1, -0.05) is 35.4 Å². The second kappa shape index (κ2) is 4.04. The SMILES string of the molecule is CC1CSCC(C)SS1. The van der Waals surface area contributed by atoms with E-state index in [9.17, 15) is 0 Å². The van der Waals surface area contributed by atoms with Crippen LogP contribution in [-0.2, 0) is 0 Å². The van der Waals surface area contributed by atoms with Gasteiger partial charge < -0.3 is 0 Å². The topological polar surface area (TPSA) is 0 Å². The molecule has 0 saturated carbocycles. The van der Waals surface area contributed by atoms with Gasteiger partial charge in [-0.25, -0.2) is 0 Å². The van der Waals surface area contributed by atoms with Crippen LogP contribution in [0.1, 0.15) is 13.8 Å². The molecule has 0 aliphatic carbocycles. The molecule has 9 heavy (non-hydrogen) atoms. The molecule has 3 heteroatoms. The molecule has 1 heterocycles. The second-order valence-electron chi connectivity index (χ2n) is 2.35. The zero-order chi connectivity index (χ0) is 6.69. The molecule has 1 rings (SSSR count). The van der Waals surface area contributed by atoms with Crippen LogP contribution in [0.4, 0.5) is 0 Å². The molecular weight excluding hydrogens is 168 g/mol. The molecule has 0 aromatic heterocycles. The fourth-order valence-corrected chi connectivity index (χ4v) is 4.98. The maximum atomic E-state index is 2.31. The molecule has 1 aliphatic heterocycles. The van der Waals surface area contributed by atoms with Gasteiger partial charge in [-0.2, -0.15) is 11.8 Å². The predicted octanol–water partition coefficient (Wildman–Crippen LogP) is 2.89. The summed E-state index contributed by atoms with van der Waals surface area (Å²) >= 11 is 2.09. The van der Waals surface area contributed by atoms with E-state index < -0.39 is 0 Å². The van der Waals surface area contributed by atoms with Gasteiger partial charge >= 0.3 is 0 Å². The molecule has 1 saturated heterocycles. The first-order chi connectivity index (χ1) is 4.29. The van der Waals surface area contributed by atoms with Crippen LogP contribution in [0.5, 0.6) is 0 Å². The molecule has 0 amide bonds. The van der Waals surface area contributed by atoms with Gasteiger partial charge in [0.05, 0.1) is 0 Å². The average Bonchev–Trinajstić information content (AvgIpc) is 1.97. The van der Waals surface area contributed by atoms with E-state index in [1.807, 2.05) is 21.6 Å². The van der Waals surface area contributed by atoms with Crippen LogP contribution in [0.15, 0.2) is 0 Å². The predicted molar refractivity (Wildman–Crippen MR) is 51.4 cm³/mol.